The number of nitrogens with zero attached hydrogens (tertiary/aromatic N) is 1. The SMILES string of the molecule is CSc1ccc(CCC(=O)NCc2ccc(-c3ccoc3)nc2)cc1. The van der Waals surface area contributed by atoms with Gasteiger partial charge in [0.1, 0.15) is 0 Å². The van der Waals surface area contributed by atoms with Crippen molar-refractivity contribution in [3.8, 4) is 11.3 Å². The van der Waals surface area contributed by atoms with Crippen LogP contribution in [0.25, 0.3) is 11.3 Å². The molecule has 5 heteroatoms. The van der Waals surface area contributed by atoms with E-state index in [9.17, 15) is 4.79 Å². The lowest BCUT2D eigenvalue weighted by Crippen LogP contribution is -2.23. The van der Waals surface area contributed by atoms with E-state index < -0.39 is 0 Å². The molecular weight excluding hydrogens is 332 g/mol. The fourth-order valence-corrected chi connectivity index (χ4v) is 2.86. The number of thioether (sulfide) groups is 1. The molecule has 1 N–H and O–H groups in total. The Morgan fingerprint density at radius 2 is 1.92 bits per heavy atom. The van der Waals surface area contributed by atoms with Crippen molar-refractivity contribution in [1.29, 1.82) is 0 Å². The number of aromatic nitrogens is 1. The summed E-state index contributed by atoms with van der Waals surface area (Å²) in [5, 5.41) is 2.94. The van der Waals surface area contributed by atoms with Crippen molar-refractivity contribution in [2.45, 2.75) is 24.3 Å². The first kappa shape index (κ1) is 17.3. The molecule has 3 rings (SSSR count). The second-order valence-electron chi connectivity index (χ2n) is 5.69. The van der Waals surface area contributed by atoms with Crippen LogP contribution in [0.2, 0.25) is 0 Å². The standard InChI is InChI=1S/C20H20N2O2S/c1-25-18-6-2-15(3-7-18)5-9-20(23)22-13-16-4-8-19(21-12-16)17-10-11-24-14-17/h2-4,6-8,10-12,14H,5,9,13H2,1H3,(H,22,23). The van der Waals surface area contributed by atoms with Gasteiger partial charge in [0.05, 0.1) is 18.2 Å². The maximum absolute atomic E-state index is 12.0. The highest BCUT2D eigenvalue weighted by atomic mass is 32.2. The molecule has 0 bridgehead atoms. The van der Waals surface area contributed by atoms with Crippen molar-refractivity contribution in [2.75, 3.05) is 6.26 Å². The molecule has 1 aromatic carbocycles. The molecule has 4 nitrogen and oxygen atoms in total. The van der Waals surface area contributed by atoms with Crippen LogP contribution >= 0.6 is 11.8 Å². The fraction of sp³-hybridized carbons (Fsp3) is 0.200. The van der Waals surface area contributed by atoms with Crippen LogP contribution in [-0.4, -0.2) is 17.1 Å². The maximum Gasteiger partial charge on any atom is 0.220 e. The summed E-state index contributed by atoms with van der Waals surface area (Å²) in [5.74, 6) is 0.0489. The third-order valence-electron chi connectivity index (χ3n) is 3.93. The van der Waals surface area contributed by atoms with Crippen LogP contribution < -0.4 is 5.32 Å². The minimum atomic E-state index is 0.0489. The van der Waals surface area contributed by atoms with Gasteiger partial charge < -0.3 is 9.73 Å². The number of hydrogen-bond donors (Lipinski definition) is 1. The second-order valence-corrected chi connectivity index (χ2v) is 6.57. The van der Waals surface area contributed by atoms with Crippen molar-refractivity contribution in [3.63, 3.8) is 0 Å². The Labute approximate surface area is 151 Å². The summed E-state index contributed by atoms with van der Waals surface area (Å²) in [6.45, 7) is 0.489. The van der Waals surface area contributed by atoms with Crippen LogP contribution in [0.15, 0.2) is 70.5 Å². The molecule has 0 aliphatic rings. The molecule has 0 aliphatic heterocycles. The summed E-state index contributed by atoms with van der Waals surface area (Å²) in [7, 11) is 0. The molecule has 0 saturated carbocycles. The van der Waals surface area contributed by atoms with E-state index in [2.05, 4.69) is 40.8 Å². The number of rotatable bonds is 7. The van der Waals surface area contributed by atoms with Crippen molar-refractivity contribution >= 4 is 17.7 Å². The van der Waals surface area contributed by atoms with E-state index in [1.165, 1.54) is 10.5 Å². The highest BCUT2D eigenvalue weighted by Crippen LogP contribution is 2.17. The van der Waals surface area contributed by atoms with E-state index in [1.54, 1.807) is 30.5 Å². The maximum atomic E-state index is 12.0. The predicted molar refractivity (Wildman–Crippen MR) is 100 cm³/mol. The molecule has 1 amide bonds. The third kappa shape index (κ3) is 4.97. The summed E-state index contributed by atoms with van der Waals surface area (Å²) >= 11 is 1.72. The summed E-state index contributed by atoms with van der Waals surface area (Å²) in [6.07, 6.45) is 8.36. The van der Waals surface area contributed by atoms with Gasteiger partial charge in [0.25, 0.3) is 0 Å². The number of pyridine rings is 1. The number of hydrogen-bond acceptors (Lipinski definition) is 4. The number of carbonyl (C=O) groups excluding carboxylic acids is 1. The minimum absolute atomic E-state index is 0.0489. The van der Waals surface area contributed by atoms with Crippen LogP contribution in [0.3, 0.4) is 0 Å². The third-order valence-corrected chi connectivity index (χ3v) is 4.67. The van der Waals surface area contributed by atoms with Gasteiger partial charge in [-0.3, -0.25) is 9.78 Å². The van der Waals surface area contributed by atoms with Gasteiger partial charge in [-0.2, -0.15) is 0 Å². The number of benzene rings is 1. The van der Waals surface area contributed by atoms with Gasteiger partial charge in [0.2, 0.25) is 5.91 Å². The van der Waals surface area contributed by atoms with Gasteiger partial charge >= 0.3 is 0 Å². The fourth-order valence-electron chi connectivity index (χ4n) is 2.45. The van der Waals surface area contributed by atoms with E-state index >= 15 is 0 Å². The predicted octanol–water partition coefficient (Wildman–Crippen LogP) is 4.31. The van der Waals surface area contributed by atoms with Gasteiger partial charge in [0, 0.05) is 29.6 Å². The molecule has 0 atom stereocenters. The lowest BCUT2D eigenvalue weighted by atomic mass is 10.1. The number of furan rings is 1. The van der Waals surface area contributed by atoms with E-state index in [0.29, 0.717) is 13.0 Å². The Bertz CT molecular complexity index is 797. The topological polar surface area (TPSA) is 55.1 Å². The molecule has 0 aliphatic carbocycles. The average molecular weight is 352 g/mol. The Balaban J connectivity index is 1.45. The molecule has 0 radical (unpaired) electrons. The first-order valence-electron chi connectivity index (χ1n) is 8.12. The van der Waals surface area contributed by atoms with E-state index in [4.69, 9.17) is 4.42 Å². The molecule has 0 saturated heterocycles. The van der Waals surface area contributed by atoms with Crippen molar-refractivity contribution in [1.82, 2.24) is 10.3 Å². The van der Waals surface area contributed by atoms with Crippen molar-refractivity contribution in [2.24, 2.45) is 0 Å². The molecule has 0 spiro atoms. The van der Waals surface area contributed by atoms with Gasteiger partial charge in [-0.05, 0) is 48.1 Å². The quantitative estimate of drug-likeness (QED) is 0.644. The molecule has 2 aromatic heterocycles. The number of carbonyl (C=O) groups is 1. The zero-order valence-corrected chi connectivity index (χ0v) is 14.9. The van der Waals surface area contributed by atoms with Crippen LogP contribution in [0.4, 0.5) is 0 Å². The van der Waals surface area contributed by atoms with Crippen LogP contribution in [0, 0.1) is 0 Å². The van der Waals surface area contributed by atoms with Crippen LogP contribution in [0.1, 0.15) is 17.5 Å². The lowest BCUT2D eigenvalue weighted by molar-refractivity contribution is -0.121. The largest absolute Gasteiger partial charge is 0.472 e. The monoisotopic (exact) mass is 352 g/mol. The van der Waals surface area contributed by atoms with Crippen molar-refractivity contribution in [3.05, 3.63) is 72.3 Å². The molecule has 25 heavy (non-hydrogen) atoms. The molecular formula is C20H20N2O2S. The minimum Gasteiger partial charge on any atom is -0.472 e. The molecule has 2 heterocycles. The van der Waals surface area contributed by atoms with Gasteiger partial charge in [0.15, 0.2) is 0 Å². The highest BCUT2D eigenvalue weighted by molar-refractivity contribution is 7.98. The van der Waals surface area contributed by atoms with E-state index in [0.717, 1.165) is 23.2 Å². The average Bonchev–Trinajstić information content (AvgIpc) is 3.20. The number of amides is 1. The summed E-state index contributed by atoms with van der Waals surface area (Å²) in [5.41, 5.74) is 3.96. The van der Waals surface area contributed by atoms with Crippen molar-refractivity contribution < 1.29 is 9.21 Å². The van der Waals surface area contributed by atoms with Crippen LogP contribution in [-0.2, 0) is 17.8 Å². The highest BCUT2D eigenvalue weighted by Gasteiger charge is 2.04. The van der Waals surface area contributed by atoms with Gasteiger partial charge in [-0.1, -0.05) is 18.2 Å². The number of nitrogens with one attached hydrogen (secondary N) is 1. The number of aryl methyl sites for hydroxylation is 1. The summed E-state index contributed by atoms with van der Waals surface area (Å²) in [6, 6.07) is 14.1. The van der Waals surface area contributed by atoms with Gasteiger partial charge in [-0.15, -0.1) is 11.8 Å². The smallest absolute Gasteiger partial charge is 0.220 e. The Morgan fingerprint density at radius 1 is 1.12 bits per heavy atom. The molecule has 3 aromatic rings. The van der Waals surface area contributed by atoms with Crippen LogP contribution in [0.5, 0.6) is 0 Å². The normalized spacial score (nSPS) is 10.6. The van der Waals surface area contributed by atoms with E-state index in [-0.39, 0.29) is 5.91 Å². The lowest BCUT2D eigenvalue weighted by Gasteiger charge is -2.06. The van der Waals surface area contributed by atoms with Gasteiger partial charge in [-0.25, -0.2) is 0 Å². The van der Waals surface area contributed by atoms with E-state index in [1.807, 2.05) is 18.2 Å². The Kier molecular flexibility index (Phi) is 5.90. The first-order valence-corrected chi connectivity index (χ1v) is 9.34. The Hall–Kier alpha value is -2.53. The molecule has 0 unspecified atom stereocenters. The zero-order valence-electron chi connectivity index (χ0n) is 14.1. The Morgan fingerprint density at radius 3 is 2.56 bits per heavy atom. The molecule has 128 valence electrons. The second kappa shape index (κ2) is 8.53. The summed E-state index contributed by atoms with van der Waals surface area (Å²) in [4.78, 5) is 17.6. The first-order chi connectivity index (χ1) is 12.2. The summed E-state index contributed by atoms with van der Waals surface area (Å²) < 4.78 is 5.06. The zero-order chi connectivity index (χ0) is 17.5. The molecule has 0 fully saturated rings.